The van der Waals surface area contributed by atoms with Crippen LogP contribution >= 0.6 is 11.6 Å². The Morgan fingerprint density at radius 1 is 1.44 bits per heavy atom. The molecule has 0 saturated heterocycles. The molecule has 0 aliphatic rings. The second-order valence-electron chi connectivity index (χ2n) is 2.92. The molecule has 0 radical (unpaired) electrons. The molecule has 16 heavy (non-hydrogen) atoms. The lowest BCUT2D eigenvalue weighted by atomic mass is 10.3. The monoisotopic (exact) mass is 265 g/mol. The number of rotatable bonds is 4. The van der Waals surface area contributed by atoms with Crippen molar-refractivity contribution in [2.75, 3.05) is 10.5 Å². The largest absolute Gasteiger partial charge is 0.506 e. The van der Waals surface area contributed by atoms with Crippen molar-refractivity contribution in [2.45, 2.75) is 0 Å². The van der Waals surface area contributed by atoms with E-state index in [0.29, 0.717) is 0 Å². The van der Waals surface area contributed by atoms with Gasteiger partial charge in [0.1, 0.15) is 5.75 Å². The molecule has 0 fully saturated rings. The van der Waals surface area contributed by atoms with Crippen LogP contribution in [0.2, 0.25) is 5.02 Å². The highest BCUT2D eigenvalue weighted by Gasteiger charge is 2.15. The maximum absolute atomic E-state index is 11.2. The molecule has 0 saturated carbocycles. The highest BCUT2D eigenvalue weighted by Crippen LogP contribution is 2.26. The van der Waals surface area contributed by atoms with Crippen LogP contribution in [0, 0.1) is 0 Å². The number of nitrogens with one attached hydrogen (secondary N) is 1. The molecule has 1 aromatic rings. The van der Waals surface area contributed by atoms with Crippen LogP contribution in [0.1, 0.15) is 0 Å². The molecule has 1 rings (SSSR count). The van der Waals surface area contributed by atoms with E-state index in [-0.39, 0.29) is 16.5 Å². The average molecular weight is 266 g/mol. The normalized spacial score (nSPS) is 11.1. The molecular weight excluding hydrogens is 258 g/mol. The van der Waals surface area contributed by atoms with E-state index >= 15 is 0 Å². The van der Waals surface area contributed by atoms with Crippen molar-refractivity contribution in [3.63, 3.8) is 0 Å². The molecule has 88 valence electrons. The van der Waals surface area contributed by atoms with Crippen LogP contribution in [0.5, 0.6) is 5.75 Å². The first-order valence-electron chi connectivity index (χ1n) is 4.01. The number of anilines is 1. The van der Waals surface area contributed by atoms with Gasteiger partial charge in [-0.05, 0) is 18.2 Å². The first-order chi connectivity index (χ1) is 7.30. The Bertz CT molecular complexity index is 513. The number of phenolic OH excluding ortho intramolecular Hbond substituents is 1. The highest BCUT2D eigenvalue weighted by molar-refractivity contribution is 7.93. The summed E-state index contributed by atoms with van der Waals surface area (Å²) >= 11 is 5.55. The lowest BCUT2D eigenvalue weighted by Crippen LogP contribution is -2.22. The maximum Gasteiger partial charge on any atom is 0.320 e. The third-order valence-corrected chi connectivity index (χ3v) is 3.01. The third kappa shape index (κ3) is 3.59. The Kier molecular flexibility index (Phi) is 3.61. The fraction of sp³-hybridized carbons (Fsp3) is 0.125. The summed E-state index contributed by atoms with van der Waals surface area (Å²) in [6.07, 6.45) is 0. The molecule has 0 spiro atoms. The smallest absolute Gasteiger partial charge is 0.320 e. The summed E-state index contributed by atoms with van der Waals surface area (Å²) in [5.41, 5.74) is 0.0871. The van der Waals surface area contributed by atoms with E-state index in [1.165, 1.54) is 18.2 Å². The molecule has 0 atom stereocenters. The van der Waals surface area contributed by atoms with Gasteiger partial charge in [-0.25, -0.2) is 8.42 Å². The Morgan fingerprint density at radius 3 is 2.56 bits per heavy atom. The predicted molar refractivity (Wildman–Crippen MR) is 58.2 cm³/mol. The second-order valence-corrected chi connectivity index (χ2v) is 5.05. The fourth-order valence-corrected chi connectivity index (χ4v) is 2.01. The van der Waals surface area contributed by atoms with E-state index in [0.717, 1.165) is 0 Å². The maximum atomic E-state index is 11.2. The Morgan fingerprint density at radius 2 is 2.06 bits per heavy atom. The number of hydrogen-bond donors (Lipinski definition) is 3. The van der Waals surface area contributed by atoms with Crippen LogP contribution in [0.3, 0.4) is 0 Å². The zero-order valence-corrected chi connectivity index (χ0v) is 9.42. The lowest BCUT2D eigenvalue weighted by molar-refractivity contribution is -0.134. The topological polar surface area (TPSA) is 104 Å². The number of aromatic hydroxyl groups is 1. The van der Waals surface area contributed by atoms with Gasteiger partial charge in [0.25, 0.3) is 0 Å². The molecule has 0 aromatic heterocycles. The summed E-state index contributed by atoms with van der Waals surface area (Å²) in [4.78, 5) is 10.2. The number of sulfonamides is 1. The fourth-order valence-electron chi connectivity index (χ4n) is 0.949. The van der Waals surface area contributed by atoms with Gasteiger partial charge in [-0.2, -0.15) is 0 Å². The van der Waals surface area contributed by atoms with Gasteiger partial charge in [-0.1, -0.05) is 11.6 Å². The number of aliphatic carboxylic acids is 1. The van der Waals surface area contributed by atoms with Crippen molar-refractivity contribution in [2.24, 2.45) is 0 Å². The van der Waals surface area contributed by atoms with Gasteiger partial charge in [0, 0.05) is 0 Å². The Labute approximate surface area is 96.5 Å². The van der Waals surface area contributed by atoms with E-state index in [1.807, 2.05) is 4.72 Å². The van der Waals surface area contributed by atoms with Crippen molar-refractivity contribution in [3.8, 4) is 5.75 Å². The van der Waals surface area contributed by atoms with E-state index < -0.39 is 21.7 Å². The SMILES string of the molecule is O=C(O)CS(=O)(=O)Nc1ccc(O)c(Cl)c1. The summed E-state index contributed by atoms with van der Waals surface area (Å²) < 4.78 is 24.4. The summed E-state index contributed by atoms with van der Waals surface area (Å²) in [6.45, 7) is 0. The highest BCUT2D eigenvalue weighted by atomic mass is 35.5. The van der Waals surface area contributed by atoms with Gasteiger partial charge in [-0.3, -0.25) is 9.52 Å². The number of carboxylic acid groups (broad SMARTS) is 1. The molecule has 1 aromatic carbocycles. The lowest BCUT2D eigenvalue weighted by Gasteiger charge is -2.06. The predicted octanol–water partition coefficient (Wildman–Crippen LogP) is 0.872. The van der Waals surface area contributed by atoms with Gasteiger partial charge in [0.15, 0.2) is 5.75 Å². The number of carbonyl (C=O) groups is 1. The zero-order chi connectivity index (χ0) is 12.3. The molecule has 0 unspecified atom stereocenters. The second kappa shape index (κ2) is 4.58. The van der Waals surface area contributed by atoms with Gasteiger partial charge >= 0.3 is 5.97 Å². The molecule has 0 bridgehead atoms. The molecule has 8 heteroatoms. The summed E-state index contributed by atoms with van der Waals surface area (Å²) in [5.74, 6) is -2.69. The molecule has 6 nitrogen and oxygen atoms in total. The van der Waals surface area contributed by atoms with Gasteiger partial charge in [0.2, 0.25) is 10.0 Å². The van der Waals surface area contributed by atoms with E-state index in [1.54, 1.807) is 0 Å². The van der Waals surface area contributed by atoms with Crippen LogP contribution in [0.25, 0.3) is 0 Å². The standard InChI is InChI=1S/C8H8ClNO5S/c9-6-3-5(1-2-7(6)11)10-16(14,15)4-8(12)13/h1-3,10-11H,4H2,(H,12,13). The van der Waals surface area contributed by atoms with Crippen LogP contribution in [-0.4, -0.2) is 30.4 Å². The first kappa shape index (κ1) is 12.6. The van der Waals surface area contributed by atoms with Crippen molar-refractivity contribution in [1.82, 2.24) is 0 Å². The van der Waals surface area contributed by atoms with Crippen molar-refractivity contribution in [1.29, 1.82) is 0 Å². The van der Waals surface area contributed by atoms with Crippen LogP contribution in [0.4, 0.5) is 5.69 Å². The van der Waals surface area contributed by atoms with Crippen LogP contribution < -0.4 is 4.72 Å². The minimum absolute atomic E-state index is 0.0319. The summed E-state index contributed by atoms with van der Waals surface area (Å²) in [6, 6.07) is 3.64. The third-order valence-electron chi connectivity index (χ3n) is 1.53. The Balaban J connectivity index is 2.88. The summed E-state index contributed by atoms with van der Waals surface area (Å²) in [7, 11) is -3.95. The minimum Gasteiger partial charge on any atom is -0.506 e. The molecule has 0 heterocycles. The zero-order valence-electron chi connectivity index (χ0n) is 7.84. The van der Waals surface area contributed by atoms with Crippen LogP contribution in [-0.2, 0) is 14.8 Å². The van der Waals surface area contributed by atoms with Crippen molar-refractivity contribution >= 4 is 33.3 Å². The average Bonchev–Trinajstić information content (AvgIpc) is 2.08. The molecule has 3 N–H and O–H groups in total. The molecule has 0 aliphatic heterocycles. The molecule has 0 aliphatic carbocycles. The number of benzene rings is 1. The number of carboxylic acids is 1. The minimum atomic E-state index is -3.95. The number of halogens is 1. The number of hydrogen-bond acceptors (Lipinski definition) is 4. The Hall–Kier alpha value is -1.47. The van der Waals surface area contributed by atoms with Crippen molar-refractivity contribution < 1.29 is 23.4 Å². The number of phenols is 1. The van der Waals surface area contributed by atoms with Gasteiger partial charge in [0.05, 0.1) is 10.7 Å². The van der Waals surface area contributed by atoms with E-state index in [9.17, 15) is 13.2 Å². The van der Waals surface area contributed by atoms with E-state index in [4.69, 9.17) is 21.8 Å². The molecular formula is C8H8ClNO5S. The first-order valence-corrected chi connectivity index (χ1v) is 6.04. The van der Waals surface area contributed by atoms with Gasteiger partial charge < -0.3 is 10.2 Å². The summed E-state index contributed by atoms with van der Waals surface area (Å²) in [5, 5.41) is 17.4. The van der Waals surface area contributed by atoms with Crippen LogP contribution in [0.15, 0.2) is 18.2 Å². The van der Waals surface area contributed by atoms with Gasteiger partial charge in [-0.15, -0.1) is 0 Å². The van der Waals surface area contributed by atoms with E-state index in [2.05, 4.69) is 0 Å². The van der Waals surface area contributed by atoms with Crippen molar-refractivity contribution in [3.05, 3.63) is 23.2 Å². The molecule has 0 amide bonds. The quantitative estimate of drug-likeness (QED) is 0.701.